The third-order valence-corrected chi connectivity index (χ3v) is 3.19. The number of piperidine rings is 1. The van der Waals surface area contributed by atoms with Gasteiger partial charge in [0, 0.05) is 25.7 Å². The highest BCUT2D eigenvalue weighted by Crippen LogP contribution is 2.23. The number of carbonyl (C=O) groups excluding carboxylic acids is 1. The Balaban J connectivity index is 2.14. The fourth-order valence-corrected chi connectivity index (χ4v) is 2.10. The Labute approximate surface area is 95.2 Å². The minimum Gasteiger partial charge on any atom is -0.396 e. The van der Waals surface area contributed by atoms with Crippen LogP contribution in [0.3, 0.4) is 0 Å². The zero-order chi connectivity index (χ0) is 11.7. The summed E-state index contributed by atoms with van der Waals surface area (Å²) in [5.41, 5.74) is 7.36. The van der Waals surface area contributed by atoms with Crippen molar-refractivity contribution in [1.29, 1.82) is 0 Å². The van der Waals surface area contributed by atoms with Crippen LogP contribution in [0.2, 0.25) is 0 Å². The van der Waals surface area contributed by atoms with Crippen molar-refractivity contribution in [3.63, 3.8) is 0 Å². The molecule has 1 aromatic rings. The van der Waals surface area contributed by atoms with Crippen molar-refractivity contribution in [2.24, 2.45) is 0 Å². The number of aryl methyl sites for hydroxylation is 1. The first-order valence-corrected chi connectivity index (χ1v) is 5.70. The van der Waals surface area contributed by atoms with Crippen LogP contribution in [0.15, 0.2) is 6.20 Å². The second-order valence-corrected chi connectivity index (χ2v) is 4.27. The van der Waals surface area contributed by atoms with Gasteiger partial charge in [0.05, 0.1) is 17.4 Å². The molecular weight excluding hydrogens is 204 g/mol. The van der Waals surface area contributed by atoms with E-state index in [0.717, 1.165) is 30.9 Å². The summed E-state index contributed by atoms with van der Waals surface area (Å²) in [6.45, 7) is 5.42. The molecule has 2 N–H and O–H groups in total. The van der Waals surface area contributed by atoms with Crippen LogP contribution in [0, 0.1) is 6.92 Å². The Morgan fingerprint density at radius 3 is 2.94 bits per heavy atom. The summed E-state index contributed by atoms with van der Waals surface area (Å²) in [5, 5.41) is 4.38. The van der Waals surface area contributed by atoms with Gasteiger partial charge in [0.2, 0.25) is 5.91 Å². The maximum absolute atomic E-state index is 11.5. The molecule has 5 nitrogen and oxygen atoms in total. The van der Waals surface area contributed by atoms with E-state index in [0.29, 0.717) is 6.42 Å². The van der Waals surface area contributed by atoms with Gasteiger partial charge in [-0.2, -0.15) is 5.10 Å². The molecule has 88 valence electrons. The zero-order valence-corrected chi connectivity index (χ0v) is 9.81. The van der Waals surface area contributed by atoms with E-state index in [4.69, 9.17) is 5.73 Å². The molecule has 1 unspecified atom stereocenters. The number of aromatic nitrogens is 2. The third-order valence-electron chi connectivity index (χ3n) is 3.19. The van der Waals surface area contributed by atoms with E-state index in [9.17, 15) is 4.79 Å². The fourth-order valence-electron chi connectivity index (χ4n) is 2.10. The quantitative estimate of drug-likeness (QED) is 0.810. The van der Waals surface area contributed by atoms with E-state index >= 15 is 0 Å². The van der Waals surface area contributed by atoms with Crippen LogP contribution in [0.5, 0.6) is 0 Å². The summed E-state index contributed by atoms with van der Waals surface area (Å²) in [4.78, 5) is 13.4. The Morgan fingerprint density at radius 2 is 2.38 bits per heavy atom. The number of hydrogen-bond acceptors (Lipinski definition) is 3. The van der Waals surface area contributed by atoms with Gasteiger partial charge in [0.1, 0.15) is 0 Å². The van der Waals surface area contributed by atoms with E-state index in [1.54, 1.807) is 0 Å². The van der Waals surface area contributed by atoms with Crippen LogP contribution in [0.25, 0.3) is 0 Å². The largest absolute Gasteiger partial charge is 0.396 e. The van der Waals surface area contributed by atoms with Gasteiger partial charge >= 0.3 is 0 Å². The highest BCUT2D eigenvalue weighted by atomic mass is 16.2. The molecule has 1 aliphatic rings. The predicted molar refractivity (Wildman–Crippen MR) is 61.9 cm³/mol. The second kappa shape index (κ2) is 4.15. The number of likely N-dealkylation sites (tertiary alicyclic amines) is 1. The molecule has 1 atom stereocenters. The van der Waals surface area contributed by atoms with E-state index < -0.39 is 0 Å². The molecular formula is C11H18N4O. The number of nitrogen functional groups attached to an aromatic ring is 1. The van der Waals surface area contributed by atoms with Crippen LogP contribution < -0.4 is 5.73 Å². The van der Waals surface area contributed by atoms with Crippen molar-refractivity contribution in [3.05, 3.63) is 11.9 Å². The minimum atomic E-state index is 0.246. The number of rotatable bonds is 2. The number of likely N-dealkylation sites (N-methyl/N-ethyl adjacent to an activating group) is 1. The van der Waals surface area contributed by atoms with Crippen molar-refractivity contribution < 1.29 is 4.79 Å². The summed E-state index contributed by atoms with van der Waals surface area (Å²) >= 11 is 0. The standard InChI is InChI=1S/C11H18N4O/c1-3-14-6-9(4-5-11(14)16)15-7-10(12)8(2)13-15/h7,9H,3-6,12H2,1-2H3. The van der Waals surface area contributed by atoms with Crippen molar-refractivity contribution in [1.82, 2.24) is 14.7 Å². The van der Waals surface area contributed by atoms with Gasteiger partial charge in [0.15, 0.2) is 0 Å². The maximum Gasteiger partial charge on any atom is 0.222 e. The van der Waals surface area contributed by atoms with Gasteiger partial charge in [-0.15, -0.1) is 0 Å². The Kier molecular flexibility index (Phi) is 2.85. The van der Waals surface area contributed by atoms with Gasteiger partial charge in [-0.25, -0.2) is 0 Å². The molecule has 0 radical (unpaired) electrons. The summed E-state index contributed by atoms with van der Waals surface area (Å²) in [6, 6.07) is 0.272. The SMILES string of the molecule is CCN1CC(n2cc(N)c(C)n2)CCC1=O. The molecule has 1 aromatic heterocycles. The lowest BCUT2D eigenvalue weighted by Gasteiger charge is -2.31. The second-order valence-electron chi connectivity index (χ2n) is 4.27. The van der Waals surface area contributed by atoms with E-state index in [1.165, 1.54) is 0 Å². The van der Waals surface area contributed by atoms with Crippen LogP contribution in [0.1, 0.15) is 31.5 Å². The summed E-state index contributed by atoms with van der Waals surface area (Å²) < 4.78 is 1.90. The molecule has 0 spiro atoms. The van der Waals surface area contributed by atoms with Crippen molar-refractivity contribution in [3.8, 4) is 0 Å². The number of anilines is 1. The Hall–Kier alpha value is -1.52. The number of hydrogen-bond donors (Lipinski definition) is 1. The number of carbonyl (C=O) groups is 1. The van der Waals surface area contributed by atoms with Crippen LogP contribution in [-0.4, -0.2) is 33.7 Å². The molecule has 1 saturated heterocycles. The zero-order valence-electron chi connectivity index (χ0n) is 9.81. The first-order chi connectivity index (χ1) is 7.61. The van der Waals surface area contributed by atoms with Crippen molar-refractivity contribution in [2.75, 3.05) is 18.8 Å². The summed E-state index contributed by atoms with van der Waals surface area (Å²) in [5.74, 6) is 0.246. The lowest BCUT2D eigenvalue weighted by Crippen LogP contribution is -2.40. The normalized spacial score (nSPS) is 21.5. The molecule has 2 heterocycles. The van der Waals surface area contributed by atoms with Gasteiger partial charge in [-0.3, -0.25) is 9.48 Å². The number of nitrogens with two attached hydrogens (primary N) is 1. The molecule has 0 saturated carbocycles. The van der Waals surface area contributed by atoms with Crippen LogP contribution >= 0.6 is 0 Å². The van der Waals surface area contributed by atoms with Crippen molar-refractivity contribution >= 4 is 11.6 Å². The summed E-state index contributed by atoms with van der Waals surface area (Å²) in [7, 11) is 0. The van der Waals surface area contributed by atoms with Gasteiger partial charge in [-0.05, 0) is 20.3 Å². The van der Waals surface area contributed by atoms with Gasteiger partial charge in [-0.1, -0.05) is 0 Å². The molecule has 1 amide bonds. The first-order valence-electron chi connectivity index (χ1n) is 5.70. The average molecular weight is 222 g/mol. The fraction of sp³-hybridized carbons (Fsp3) is 0.636. The highest BCUT2D eigenvalue weighted by molar-refractivity contribution is 5.76. The molecule has 0 aliphatic carbocycles. The highest BCUT2D eigenvalue weighted by Gasteiger charge is 2.26. The van der Waals surface area contributed by atoms with Crippen LogP contribution in [-0.2, 0) is 4.79 Å². The molecule has 0 bridgehead atoms. The van der Waals surface area contributed by atoms with Gasteiger partial charge < -0.3 is 10.6 Å². The van der Waals surface area contributed by atoms with Gasteiger partial charge in [0.25, 0.3) is 0 Å². The number of nitrogens with zero attached hydrogens (tertiary/aromatic N) is 3. The molecule has 16 heavy (non-hydrogen) atoms. The van der Waals surface area contributed by atoms with E-state index in [1.807, 2.05) is 29.6 Å². The smallest absolute Gasteiger partial charge is 0.222 e. The van der Waals surface area contributed by atoms with E-state index in [2.05, 4.69) is 5.10 Å². The third kappa shape index (κ3) is 1.89. The predicted octanol–water partition coefficient (Wildman–Crippen LogP) is 0.957. The van der Waals surface area contributed by atoms with E-state index in [-0.39, 0.29) is 11.9 Å². The molecule has 2 rings (SSSR count). The lowest BCUT2D eigenvalue weighted by molar-refractivity contribution is -0.134. The monoisotopic (exact) mass is 222 g/mol. The lowest BCUT2D eigenvalue weighted by atomic mass is 10.1. The Bertz CT molecular complexity index is 379. The molecule has 5 heteroatoms. The Morgan fingerprint density at radius 1 is 1.62 bits per heavy atom. The maximum atomic E-state index is 11.5. The number of amides is 1. The minimum absolute atomic E-state index is 0.246. The summed E-state index contributed by atoms with van der Waals surface area (Å²) in [6.07, 6.45) is 3.33. The molecule has 0 aromatic carbocycles. The topological polar surface area (TPSA) is 64.2 Å². The average Bonchev–Trinajstić information content (AvgIpc) is 2.60. The molecule has 1 fully saturated rings. The molecule has 1 aliphatic heterocycles. The van der Waals surface area contributed by atoms with Crippen molar-refractivity contribution in [2.45, 2.75) is 32.7 Å². The first kappa shape index (κ1) is 11.0. The van der Waals surface area contributed by atoms with Crippen LogP contribution in [0.4, 0.5) is 5.69 Å².